The lowest BCUT2D eigenvalue weighted by molar-refractivity contribution is 0.933. The summed E-state index contributed by atoms with van der Waals surface area (Å²) in [6.45, 7) is 9.09. The highest BCUT2D eigenvalue weighted by atomic mass is 15.0. The van der Waals surface area contributed by atoms with Crippen molar-refractivity contribution in [1.82, 2.24) is 9.97 Å². The summed E-state index contributed by atoms with van der Waals surface area (Å²) < 4.78 is 0. The van der Waals surface area contributed by atoms with E-state index in [9.17, 15) is 0 Å². The molecule has 3 heteroatoms. The Labute approximate surface area is 79.6 Å². The van der Waals surface area contributed by atoms with Crippen LogP contribution in [0.1, 0.15) is 30.4 Å². The van der Waals surface area contributed by atoms with E-state index in [1.54, 1.807) is 0 Å². The van der Waals surface area contributed by atoms with Crippen LogP contribution >= 0.6 is 0 Å². The highest BCUT2D eigenvalue weighted by molar-refractivity contribution is 5.45. The summed E-state index contributed by atoms with van der Waals surface area (Å²) in [6.07, 6.45) is 1.11. The van der Waals surface area contributed by atoms with Crippen molar-refractivity contribution in [3.8, 4) is 0 Å². The first-order valence-corrected chi connectivity index (χ1v) is 4.71. The molecule has 0 radical (unpaired) electrons. The molecule has 13 heavy (non-hydrogen) atoms. The number of nitrogens with one attached hydrogen (secondary N) is 1. The molecule has 0 saturated heterocycles. The molecular weight excluding hydrogens is 162 g/mol. The molecular formula is C10H17N3. The van der Waals surface area contributed by atoms with Gasteiger partial charge in [-0.15, -0.1) is 0 Å². The predicted octanol–water partition coefficient (Wildman–Crippen LogP) is 2.22. The summed E-state index contributed by atoms with van der Waals surface area (Å²) in [7, 11) is 0. The van der Waals surface area contributed by atoms with Gasteiger partial charge in [0.25, 0.3) is 0 Å². The molecule has 0 aliphatic carbocycles. The standard InChI is InChI=1S/C10H17N3/c1-5-6-11-10-7(2)8(3)12-9(4)13-10/h5-6H2,1-4H3,(H,11,12,13). The minimum Gasteiger partial charge on any atom is -0.370 e. The van der Waals surface area contributed by atoms with Crippen molar-refractivity contribution in [2.75, 3.05) is 11.9 Å². The van der Waals surface area contributed by atoms with Crippen molar-refractivity contribution in [3.05, 3.63) is 17.1 Å². The Hall–Kier alpha value is -1.12. The molecule has 0 atom stereocenters. The van der Waals surface area contributed by atoms with Crippen LogP contribution in [0.15, 0.2) is 0 Å². The van der Waals surface area contributed by atoms with Gasteiger partial charge < -0.3 is 5.32 Å². The van der Waals surface area contributed by atoms with Gasteiger partial charge in [0.05, 0.1) is 0 Å². The minimum atomic E-state index is 0.835. The maximum Gasteiger partial charge on any atom is 0.132 e. The SMILES string of the molecule is CCCNc1nc(C)nc(C)c1C. The van der Waals surface area contributed by atoms with Crippen LogP contribution in [-0.2, 0) is 0 Å². The minimum absolute atomic E-state index is 0.835. The maximum atomic E-state index is 4.35. The normalized spacial score (nSPS) is 10.2. The number of nitrogens with zero attached hydrogens (tertiary/aromatic N) is 2. The molecule has 0 amide bonds. The Morgan fingerprint density at radius 3 is 2.46 bits per heavy atom. The van der Waals surface area contributed by atoms with Crippen molar-refractivity contribution in [2.45, 2.75) is 34.1 Å². The van der Waals surface area contributed by atoms with Crippen molar-refractivity contribution < 1.29 is 0 Å². The van der Waals surface area contributed by atoms with Gasteiger partial charge in [-0.25, -0.2) is 9.97 Å². The third kappa shape index (κ3) is 2.41. The second-order valence-corrected chi connectivity index (χ2v) is 3.26. The van der Waals surface area contributed by atoms with Gasteiger partial charge in [0.2, 0.25) is 0 Å². The van der Waals surface area contributed by atoms with E-state index in [1.165, 1.54) is 0 Å². The van der Waals surface area contributed by atoms with Gasteiger partial charge in [0.15, 0.2) is 0 Å². The zero-order valence-corrected chi connectivity index (χ0v) is 8.81. The van der Waals surface area contributed by atoms with E-state index in [4.69, 9.17) is 0 Å². The van der Waals surface area contributed by atoms with Crippen molar-refractivity contribution in [2.24, 2.45) is 0 Å². The van der Waals surface area contributed by atoms with Crippen LogP contribution in [0.4, 0.5) is 5.82 Å². The highest BCUT2D eigenvalue weighted by Gasteiger charge is 2.03. The largest absolute Gasteiger partial charge is 0.370 e. The summed E-state index contributed by atoms with van der Waals surface area (Å²) >= 11 is 0. The summed E-state index contributed by atoms with van der Waals surface area (Å²) in [6, 6.07) is 0. The molecule has 1 N–H and O–H groups in total. The van der Waals surface area contributed by atoms with Gasteiger partial charge in [-0.3, -0.25) is 0 Å². The third-order valence-electron chi connectivity index (χ3n) is 2.04. The van der Waals surface area contributed by atoms with Crippen LogP contribution in [-0.4, -0.2) is 16.5 Å². The van der Waals surface area contributed by atoms with Crippen LogP contribution in [0, 0.1) is 20.8 Å². The van der Waals surface area contributed by atoms with Crippen LogP contribution in [0.5, 0.6) is 0 Å². The van der Waals surface area contributed by atoms with Crippen molar-refractivity contribution in [3.63, 3.8) is 0 Å². The quantitative estimate of drug-likeness (QED) is 0.773. The Balaban J connectivity index is 2.92. The van der Waals surface area contributed by atoms with E-state index in [1.807, 2.05) is 20.8 Å². The molecule has 3 nitrogen and oxygen atoms in total. The van der Waals surface area contributed by atoms with E-state index in [2.05, 4.69) is 22.2 Å². The Morgan fingerprint density at radius 2 is 1.85 bits per heavy atom. The molecule has 0 aliphatic rings. The second-order valence-electron chi connectivity index (χ2n) is 3.26. The van der Waals surface area contributed by atoms with Gasteiger partial charge in [-0.05, 0) is 27.2 Å². The van der Waals surface area contributed by atoms with Gasteiger partial charge >= 0.3 is 0 Å². The lowest BCUT2D eigenvalue weighted by Crippen LogP contribution is -2.07. The monoisotopic (exact) mass is 179 g/mol. The molecule has 0 unspecified atom stereocenters. The molecule has 0 aliphatic heterocycles. The zero-order valence-electron chi connectivity index (χ0n) is 8.81. The fourth-order valence-electron chi connectivity index (χ4n) is 1.18. The average Bonchev–Trinajstić information content (AvgIpc) is 2.09. The van der Waals surface area contributed by atoms with Crippen LogP contribution in [0.25, 0.3) is 0 Å². The summed E-state index contributed by atoms with van der Waals surface area (Å²) in [5.74, 6) is 1.81. The average molecular weight is 179 g/mol. The second kappa shape index (κ2) is 4.21. The topological polar surface area (TPSA) is 37.8 Å². The van der Waals surface area contributed by atoms with E-state index in [-0.39, 0.29) is 0 Å². The number of hydrogen-bond donors (Lipinski definition) is 1. The number of aryl methyl sites for hydroxylation is 2. The Bertz CT molecular complexity index is 294. The van der Waals surface area contributed by atoms with E-state index in [0.29, 0.717) is 0 Å². The van der Waals surface area contributed by atoms with Gasteiger partial charge in [-0.1, -0.05) is 6.92 Å². The third-order valence-corrected chi connectivity index (χ3v) is 2.04. The summed E-state index contributed by atoms with van der Waals surface area (Å²) in [5, 5.41) is 3.29. The predicted molar refractivity (Wildman–Crippen MR) is 55.0 cm³/mol. The van der Waals surface area contributed by atoms with Gasteiger partial charge in [0, 0.05) is 17.8 Å². The number of hydrogen-bond acceptors (Lipinski definition) is 3. The lowest BCUT2D eigenvalue weighted by atomic mass is 10.2. The van der Waals surface area contributed by atoms with Gasteiger partial charge in [0.1, 0.15) is 11.6 Å². The smallest absolute Gasteiger partial charge is 0.132 e. The van der Waals surface area contributed by atoms with Crippen molar-refractivity contribution >= 4 is 5.82 Å². The first-order valence-electron chi connectivity index (χ1n) is 4.71. The summed E-state index contributed by atoms with van der Waals surface area (Å²) in [5.41, 5.74) is 2.21. The fraction of sp³-hybridized carbons (Fsp3) is 0.600. The lowest BCUT2D eigenvalue weighted by Gasteiger charge is -2.09. The first kappa shape index (κ1) is 9.96. The molecule has 0 fully saturated rings. The molecule has 72 valence electrons. The van der Waals surface area contributed by atoms with Crippen LogP contribution in [0.2, 0.25) is 0 Å². The number of aromatic nitrogens is 2. The highest BCUT2D eigenvalue weighted by Crippen LogP contribution is 2.13. The number of rotatable bonds is 3. The maximum absolute atomic E-state index is 4.35. The Kier molecular flexibility index (Phi) is 3.23. The first-order chi connectivity index (χ1) is 6.15. The molecule has 0 spiro atoms. The van der Waals surface area contributed by atoms with E-state index in [0.717, 1.165) is 35.9 Å². The molecule has 0 bridgehead atoms. The molecule has 1 aromatic rings. The van der Waals surface area contributed by atoms with E-state index < -0.39 is 0 Å². The molecule has 0 saturated carbocycles. The zero-order chi connectivity index (χ0) is 9.84. The summed E-state index contributed by atoms with van der Waals surface area (Å²) in [4.78, 5) is 8.64. The Morgan fingerprint density at radius 1 is 1.15 bits per heavy atom. The fourth-order valence-corrected chi connectivity index (χ4v) is 1.18. The molecule has 1 aromatic heterocycles. The van der Waals surface area contributed by atoms with Crippen LogP contribution in [0.3, 0.4) is 0 Å². The molecule has 1 heterocycles. The molecule has 1 rings (SSSR count). The van der Waals surface area contributed by atoms with Crippen LogP contribution < -0.4 is 5.32 Å². The van der Waals surface area contributed by atoms with Crippen molar-refractivity contribution in [1.29, 1.82) is 0 Å². The molecule has 0 aromatic carbocycles. The van der Waals surface area contributed by atoms with Gasteiger partial charge in [-0.2, -0.15) is 0 Å². The van der Waals surface area contributed by atoms with E-state index >= 15 is 0 Å². The number of anilines is 1.